The number of aryl methyl sites for hydroxylation is 1. The molecule has 0 unspecified atom stereocenters. The van der Waals surface area contributed by atoms with Crippen molar-refractivity contribution in [1.29, 1.82) is 0 Å². The molecule has 0 saturated heterocycles. The number of imidazole rings is 1. The van der Waals surface area contributed by atoms with Crippen LogP contribution >= 0.6 is 11.8 Å². The Morgan fingerprint density at radius 3 is 2.28 bits per heavy atom. The van der Waals surface area contributed by atoms with Gasteiger partial charge in [0.05, 0.1) is 21.9 Å². The van der Waals surface area contributed by atoms with Gasteiger partial charge in [0.1, 0.15) is 10.9 Å². The maximum Gasteiger partial charge on any atom is 0.418 e. The topological polar surface area (TPSA) is 91.9 Å². The average molecular weight is 532 g/mol. The third-order valence-electron chi connectivity index (χ3n) is 5.13. The van der Waals surface area contributed by atoms with Crippen molar-refractivity contribution >= 4 is 33.2 Å². The number of carbonyl (C=O) groups excluding carboxylic acids is 1. The van der Waals surface area contributed by atoms with Crippen LogP contribution in [0.15, 0.2) is 93.8 Å². The number of rotatable bonds is 7. The van der Waals surface area contributed by atoms with E-state index in [9.17, 15) is 26.4 Å². The fourth-order valence-electron chi connectivity index (χ4n) is 3.35. The summed E-state index contributed by atoms with van der Waals surface area (Å²) < 4.78 is 66.5. The number of benzene rings is 3. The van der Waals surface area contributed by atoms with Crippen LogP contribution in [0.5, 0.6) is 0 Å². The smallest absolute Gasteiger partial charge is 0.328 e. The summed E-state index contributed by atoms with van der Waals surface area (Å²) in [6, 6.07) is 19.7. The van der Waals surface area contributed by atoms with E-state index in [1.807, 2.05) is 6.92 Å². The Hall–Kier alpha value is -3.57. The highest BCUT2D eigenvalue weighted by atomic mass is 32.2. The van der Waals surface area contributed by atoms with Crippen molar-refractivity contribution in [2.24, 2.45) is 0 Å². The molecule has 186 valence electrons. The number of H-pyrrole nitrogens is 1. The van der Waals surface area contributed by atoms with E-state index in [2.05, 4.69) is 15.3 Å². The van der Waals surface area contributed by atoms with Gasteiger partial charge in [0.25, 0.3) is 0 Å². The lowest BCUT2D eigenvalue weighted by molar-refractivity contribution is -0.137. The first-order valence-corrected chi connectivity index (χ1v) is 13.1. The van der Waals surface area contributed by atoms with Gasteiger partial charge in [-0.25, -0.2) is 13.4 Å². The van der Waals surface area contributed by atoms with Crippen LogP contribution in [-0.2, 0) is 20.8 Å². The number of halogens is 3. The van der Waals surface area contributed by atoms with Crippen molar-refractivity contribution in [3.63, 3.8) is 0 Å². The number of thioether (sulfide) groups is 1. The monoisotopic (exact) mass is 531 g/mol. The SMILES string of the molecule is Cc1ccc(S(=O)(=O)c2[nH]c(-c3ccccc3)nc2SCC(=O)Nc2ccccc2C(F)(F)F)cc1. The number of carbonyl (C=O) groups is 1. The molecule has 4 aromatic rings. The molecule has 4 rings (SSSR count). The molecular weight excluding hydrogens is 511 g/mol. The van der Waals surface area contributed by atoms with Crippen LogP contribution in [-0.4, -0.2) is 30.0 Å². The fourth-order valence-corrected chi connectivity index (χ4v) is 5.77. The molecule has 0 aliphatic heterocycles. The van der Waals surface area contributed by atoms with E-state index in [0.29, 0.717) is 5.56 Å². The molecule has 0 spiro atoms. The first-order chi connectivity index (χ1) is 17.1. The Kier molecular flexibility index (Phi) is 7.23. The first kappa shape index (κ1) is 25.5. The fraction of sp³-hybridized carbons (Fsp3) is 0.120. The molecule has 3 aromatic carbocycles. The molecule has 11 heteroatoms. The van der Waals surface area contributed by atoms with Crippen molar-refractivity contribution < 1.29 is 26.4 Å². The van der Waals surface area contributed by atoms with Gasteiger partial charge in [0.2, 0.25) is 15.7 Å². The number of hydrogen-bond acceptors (Lipinski definition) is 5. The molecule has 36 heavy (non-hydrogen) atoms. The normalized spacial score (nSPS) is 11.9. The highest BCUT2D eigenvalue weighted by Gasteiger charge is 2.33. The van der Waals surface area contributed by atoms with E-state index < -0.39 is 27.5 Å². The van der Waals surface area contributed by atoms with Crippen molar-refractivity contribution in [3.05, 3.63) is 90.0 Å². The summed E-state index contributed by atoms with van der Waals surface area (Å²) in [5.41, 5.74) is 0.162. The molecule has 0 fully saturated rings. The van der Waals surface area contributed by atoms with Gasteiger partial charge in [-0.1, -0.05) is 71.9 Å². The largest absolute Gasteiger partial charge is 0.418 e. The minimum absolute atomic E-state index is 0.0358. The summed E-state index contributed by atoms with van der Waals surface area (Å²) in [5, 5.41) is 2.09. The Morgan fingerprint density at radius 1 is 0.972 bits per heavy atom. The number of hydrogen-bond donors (Lipinski definition) is 2. The van der Waals surface area contributed by atoms with Crippen molar-refractivity contribution in [3.8, 4) is 11.4 Å². The van der Waals surface area contributed by atoms with E-state index in [4.69, 9.17) is 0 Å². The lowest BCUT2D eigenvalue weighted by atomic mass is 10.1. The zero-order valence-electron chi connectivity index (χ0n) is 18.8. The van der Waals surface area contributed by atoms with E-state index in [0.717, 1.165) is 29.5 Å². The summed E-state index contributed by atoms with van der Waals surface area (Å²) in [6.07, 6.45) is -4.64. The lowest BCUT2D eigenvalue weighted by Gasteiger charge is -2.13. The molecule has 0 aliphatic rings. The third kappa shape index (κ3) is 5.63. The molecule has 0 radical (unpaired) electrons. The van der Waals surface area contributed by atoms with Gasteiger partial charge in [-0.05, 0) is 31.2 Å². The van der Waals surface area contributed by atoms with Crippen LogP contribution in [0.2, 0.25) is 0 Å². The van der Waals surface area contributed by atoms with Gasteiger partial charge in [-0.3, -0.25) is 4.79 Å². The summed E-state index contributed by atoms with van der Waals surface area (Å²) >= 11 is 0.813. The molecule has 1 amide bonds. The predicted octanol–water partition coefficient (Wildman–Crippen LogP) is 5.97. The number of sulfone groups is 1. The Balaban J connectivity index is 1.63. The quantitative estimate of drug-likeness (QED) is 0.287. The van der Waals surface area contributed by atoms with Gasteiger partial charge >= 0.3 is 6.18 Å². The maximum atomic E-state index is 13.4. The van der Waals surface area contributed by atoms with Gasteiger partial charge in [0.15, 0.2) is 5.03 Å². The lowest BCUT2D eigenvalue weighted by Crippen LogP contribution is -2.18. The predicted molar refractivity (Wildman–Crippen MR) is 131 cm³/mol. The number of para-hydroxylation sites is 1. The average Bonchev–Trinajstić information content (AvgIpc) is 3.29. The molecule has 0 aliphatic carbocycles. The second kappa shape index (κ2) is 10.2. The number of aromatic amines is 1. The first-order valence-electron chi connectivity index (χ1n) is 10.6. The summed E-state index contributed by atoms with van der Waals surface area (Å²) in [6.45, 7) is 1.83. The number of nitrogens with one attached hydrogen (secondary N) is 2. The van der Waals surface area contributed by atoms with Gasteiger partial charge in [-0.15, -0.1) is 0 Å². The number of amides is 1. The number of nitrogens with zero attached hydrogens (tertiary/aromatic N) is 1. The molecule has 6 nitrogen and oxygen atoms in total. The molecule has 1 aromatic heterocycles. The van der Waals surface area contributed by atoms with E-state index in [1.165, 1.54) is 24.3 Å². The highest BCUT2D eigenvalue weighted by molar-refractivity contribution is 8.00. The number of aromatic nitrogens is 2. The molecule has 0 atom stereocenters. The number of alkyl halides is 3. The number of anilines is 1. The Morgan fingerprint density at radius 2 is 1.61 bits per heavy atom. The van der Waals surface area contributed by atoms with Crippen LogP contribution in [0.1, 0.15) is 11.1 Å². The molecule has 1 heterocycles. The zero-order chi connectivity index (χ0) is 25.9. The second-order valence-corrected chi connectivity index (χ2v) is 10.6. The Labute approximate surface area is 209 Å². The van der Waals surface area contributed by atoms with Crippen LogP contribution < -0.4 is 5.32 Å². The van der Waals surface area contributed by atoms with E-state index in [1.54, 1.807) is 42.5 Å². The van der Waals surface area contributed by atoms with Gasteiger partial charge in [0, 0.05) is 5.56 Å². The third-order valence-corrected chi connectivity index (χ3v) is 7.96. The maximum absolute atomic E-state index is 13.4. The van der Waals surface area contributed by atoms with Gasteiger partial charge in [-0.2, -0.15) is 13.2 Å². The van der Waals surface area contributed by atoms with Crippen LogP contribution in [0.3, 0.4) is 0 Å². The molecule has 0 bridgehead atoms. The van der Waals surface area contributed by atoms with Crippen molar-refractivity contribution in [2.45, 2.75) is 28.0 Å². The van der Waals surface area contributed by atoms with E-state index in [-0.39, 0.29) is 32.2 Å². The van der Waals surface area contributed by atoms with Crippen LogP contribution in [0, 0.1) is 6.92 Å². The van der Waals surface area contributed by atoms with Gasteiger partial charge < -0.3 is 10.3 Å². The van der Waals surface area contributed by atoms with Crippen molar-refractivity contribution in [2.75, 3.05) is 11.1 Å². The zero-order valence-corrected chi connectivity index (χ0v) is 20.5. The minimum atomic E-state index is -4.64. The summed E-state index contributed by atoms with van der Waals surface area (Å²) in [7, 11) is -4.03. The summed E-state index contributed by atoms with van der Waals surface area (Å²) in [5.74, 6) is -0.812. The van der Waals surface area contributed by atoms with E-state index >= 15 is 0 Å². The second-order valence-electron chi connectivity index (χ2n) is 7.78. The molecule has 2 N–H and O–H groups in total. The van der Waals surface area contributed by atoms with Crippen LogP contribution in [0.4, 0.5) is 18.9 Å². The van der Waals surface area contributed by atoms with Crippen molar-refractivity contribution in [1.82, 2.24) is 9.97 Å². The molecular formula is C25H20F3N3O3S2. The highest BCUT2D eigenvalue weighted by Crippen LogP contribution is 2.35. The minimum Gasteiger partial charge on any atom is -0.328 e. The standard InChI is InChI=1S/C25H20F3N3O3S2/c1-16-11-13-18(14-12-16)36(33,34)24-23(30-22(31-24)17-7-3-2-4-8-17)35-15-21(32)29-20-10-6-5-9-19(20)25(26,27)28/h2-14H,15H2,1H3,(H,29,32)(H,30,31). The summed E-state index contributed by atoms with van der Waals surface area (Å²) in [4.78, 5) is 19.8. The van der Waals surface area contributed by atoms with Crippen LogP contribution in [0.25, 0.3) is 11.4 Å². The Bertz CT molecular complexity index is 1480. The molecule has 0 saturated carbocycles.